The van der Waals surface area contributed by atoms with E-state index in [2.05, 4.69) is 38.4 Å². The van der Waals surface area contributed by atoms with Gasteiger partial charge in [-0.15, -0.1) is 0 Å². The van der Waals surface area contributed by atoms with Crippen molar-refractivity contribution in [3.63, 3.8) is 0 Å². The summed E-state index contributed by atoms with van der Waals surface area (Å²) >= 11 is 0. The Morgan fingerprint density at radius 2 is 1.42 bits per heavy atom. The van der Waals surface area contributed by atoms with Crippen LogP contribution in [0.3, 0.4) is 0 Å². The molecule has 6 heteroatoms. The van der Waals surface area contributed by atoms with Crippen molar-refractivity contribution in [1.29, 1.82) is 15.8 Å². The first-order valence-corrected chi connectivity index (χ1v) is 12.3. The molecule has 0 aliphatic heterocycles. The number of fused-ring (bicyclic) bond motifs is 6. The predicted octanol–water partition coefficient (Wildman–Crippen LogP) is 6.58. The topological polar surface area (TPSA) is 94.1 Å². The molecule has 7 rings (SSSR count). The van der Waals surface area contributed by atoms with Crippen LogP contribution in [0.2, 0.25) is 0 Å². The van der Waals surface area contributed by atoms with Gasteiger partial charge in [-0.25, -0.2) is 0 Å². The molecule has 0 saturated carbocycles. The highest BCUT2D eigenvalue weighted by atomic mass is 15.0. The summed E-state index contributed by atoms with van der Waals surface area (Å²) in [4.78, 5) is 4.62. The molecule has 0 N–H and O–H groups in total. The van der Waals surface area contributed by atoms with E-state index in [1.165, 1.54) is 0 Å². The van der Waals surface area contributed by atoms with E-state index in [4.69, 9.17) is 0 Å². The van der Waals surface area contributed by atoms with E-state index >= 15 is 0 Å². The summed E-state index contributed by atoms with van der Waals surface area (Å²) in [5.74, 6) is -0.183. The van der Waals surface area contributed by atoms with Crippen molar-refractivity contribution < 1.29 is 0 Å². The van der Waals surface area contributed by atoms with Crippen LogP contribution in [0.15, 0.2) is 85.2 Å². The Bertz CT molecular complexity index is 2100. The van der Waals surface area contributed by atoms with Crippen molar-refractivity contribution in [1.82, 2.24) is 14.1 Å². The number of aromatic nitrogens is 3. The molecule has 3 aromatic heterocycles. The average Bonchev–Trinajstić information content (AvgIpc) is 3.48. The summed E-state index contributed by atoms with van der Waals surface area (Å²) in [7, 11) is 0. The van der Waals surface area contributed by atoms with Gasteiger partial charge >= 0.3 is 0 Å². The number of nitrogens with zero attached hydrogens (tertiary/aromatic N) is 6. The van der Waals surface area contributed by atoms with Gasteiger partial charge in [-0.2, -0.15) is 15.8 Å². The van der Waals surface area contributed by atoms with Crippen LogP contribution < -0.4 is 0 Å². The van der Waals surface area contributed by atoms with Gasteiger partial charge in [0, 0.05) is 21.9 Å². The van der Waals surface area contributed by atoms with E-state index < -0.39 is 0 Å². The minimum atomic E-state index is -0.183. The number of hydrogen-bond donors (Lipinski definition) is 0. The zero-order valence-corrected chi connectivity index (χ0v) is 20.1. The largest absolute Gasteiger partial charge is 0.307 e. The Morgan fingerprint density at radius 1 is 0.737 bits per heavy atom. The Balaban J connectivity index is 1.57. The first-order valence-electron chi connectivity index (χ1n) is 12.3. The molecule has 0 fully saturated rings. The molecule has 1 aliphatic carbocycles. The van der Waals surface area contributed by atoms with Crippen LogP contribution in [0.4, 0.5) is 0 Å². The highest BCUT2D eigenvalue weighted by Gasteiger charge is 2.25. The Labute approximate surface area is 218 Å². The van der Waals surface area contributed by atoms with Gasteiger partial charge in [0.1, 0.15) is 11.6 Å². The first-order chi connectivity index (χ1) is 18.7. The van der Waals surface area contributed by atoms with Crippen molar-refractivity contribution >= 4 is 38.8 Å². The lowest BCUT2D eigenvalue weighted by Crippen LogP contribution is -2.09. The van der Waals surface area contributed by atoms with Gasteiger partial charge in [0.05, 0.1) is 63.9 Å². The molecule has 0 spiro atoms. The van der Waals surface area contributed by atoms with E-state index in [-0.39, 0.29) is 5.92 Å². The van der Waals surface area contributed by atoms with Gasteiger partial charge in [0.25, 0.3) is 0 Å². The lowest BCUT2D eigenvalue weighted by atomic mass is 9.93. The standard InChI is InChI=1S/C32H18N6/c33-15-20-9-11-29-24(13-20)22-5-1-3-7-27(22)37(29)31-18-36-19-32(26(31)17-35)38-28-8-4-2-6-23(28)25-14-21(16-34)10-12-30(25)38/h1-13,18-19,21H,14H2. The maximum absolute atomic E-state index is 10.6. The molecule has 3 heterocycles. The Kier molecular flexibility index (Phi) is 4.67. The summed E-state index contributed by atoms with van der Waals surface area (Å²) in [6.07, 6.45) is 8.01. The number of allylic oxidation sites excluding steroid dienone is 1. The SMILES string of the molecule is N#Cc1ccc2c(c1)c1ccccc1n2-c1cncc(-n2c3c(c4ccccc42)CC(C#N)C=C3)c1C#N. The molecular weight excluding hydrogens is 468 g/mol. The van der Waals surface area contributed by atoms with Gasteiger partial charge < -0.3 is 9.13 Å². The maximum Gasteiger partial charge on any atom is 0.104 e. The summed E-state index contributed by atoms with van der Waals surface area (Å²) in [6.45, 7) is 0. The molecule has 1 unspecified atom stereocenters. The van der Waals surface area contributed by atoms with Gasteiger partial charge in [-0.05, 0) is 48.4 Å². The average molecular weight is 487 g/mol. The van der Waals surface area contributed by atoms with Crippen LogP contribution >= 0.6 is 0 Å². The molecule has 38 heavy (non-hydrogen) atoms. The second kappa shape index (κ2) is 8.20. The van der Waals surface area contributed by atoms with Crippen LogP contribution in [-0.2, 0) is 6.42 Å². The highest BCUT2D eigenvalue weighted by molar-refractivity contribution is 6.10. The Hall–Kier alpha value is -5.64. The second-order valence-electron chi connectivity index (χ2n) is 9.38. The van der Waals surface area contributed by atoms with Crippen molar-refractivity contribution in [2.45, 2.75) is 6.42 Å². The number of rotatable bonds is 2. The molecule has 6 aromatic rings. The van der Waals surface area contributed by atoms with Crippen molar-refractivity contribution in [2.24, 2.45) is 5.92 Å². The number of pyridine rings is 1. The fourth-order valence-corrected chi connectivity index (χ4v) is 5.75. The maximum atomic E-state index is 10.6. The number of nitriles is 3. The smallest absolute Gasteiger partial charge is 0.104 e. The van der Waals surface area contributed by atoms with Gasteiger partial charge in [-0.1, -0.05) is 42.5 Å². The van der Waals surface area contributed by atoms with Crippen LogP contribution in [0.25, 0.3) is 50.2 Å². The van der Waals surface area contributed by atoms with Crippen LogP contribution in [-0.4, -0.2) is 14.1 Å². The minimum Gasteiger partial charge on any atom is -0.307 e. The third kappa shape index (κ3) is 2.94. The quantitative estimate of drug-likeness (QED) is 0.276. The van der Waals surface area contributed by atoms with Crippen LogP contribution in [0.5, 0.6) is 0 Å². The summed E-state index contributed by atoms with van der Waals surface area (Å²) in [5, 5.41) is 32.7. The van der Waals surface area contributed by atoms with E-state index in [1.807, 2.05) is 66.7 Å². The van der Waals surface area contributed by atoms with Gasteiger partial charge in [0.15, 0.2) is 0 Å². The fourth-order valence-electron chi connectivity index (χ4n) is 5.75. The highest BCUT2D eigenvalue weighted by Crippen LogP contribution is 2.38. The molecule has 1 aliphatic rings. The van der Waals surface area contributed by atoms with E-state index in [0.717, 1.165) is 44.0 Å². The molecule has 0 radical (unpaired) electrons. The van der Waals surface area contributed by atoms with E-state index in [1.54, 1.807) is 18.5 Å². The lowest BCUT2D eigenvalue weighted by Gasteiger charge is -2.17. The van der Waals surface area contributed by atoms with Gasteiger partial charge in [-0.3, -0.25) is 4.98 Å². The molecular formula is C32H18N6. The third-order valence-electron chi connectivity index (χ3n) is 7.40. The zero-order valence-electron chi connectivity index (χ0n) is 20.1. The fraction of sp³-hybridized carbons (Fsp3) is 0.0625. The number of hydrogen-bond acceptors (Lipinski definition) is 4. The molecule has 6 nitrogen and oxygen atoms in total. The second-order valence-corrected chi connectivity index (χ2v) is 9.38. The van der Waals surface area contributed by atoms with E-state index in [9.17, 15) is 15.8 Å². The monoisotopic (exact) mass is 486 g/mol. The van der Waals surface area contributed by atoms with Crippen LogP contribution in [0.1, 0.15) is 22.4 Å². The van der Waals surface area contributed by atoms with E-state index in [0.29, 0.717) is 28.9 Å². The normalized spacial score (nSPS) is 14.3. The third-order valence-corrected chi connectivity index (χ3v) is 7.40. The minimum absolute atomic E-state index is 0.183. The summed E-state index contributed by atoms with van der Waals surface area (Å²) in [5.41, 5.74) is 7.30. The van der Waals surface area contributed by atoms with Crippen molar-refractivity contribution in [3.8, 4) is 29.6 Å². The number of benzene rings is 3. The molecule has 3 aromatic carbocycles. The zero-order chi connectivity index (χ0) is 25.8. The Morgan fingerprint density at radius 3 is 2.16 bits per heavy atom. The molecule has 176 valence electrons. The van der Waals surface area contributed by atoms with Crippen molar-refractivity contribution in [3.05, 3.63) is 108 Å². The molecule has 1 atom stereocenters. The lowest BCUT2D eigenvalue weighted by molar-refractivity contribution is 0.809. The summed E-state index contributed by atoms with van der Waals surface area (Å²) < 4.78 is 4.14. The first kappa shape index (κ1) is 21.6. The molecule has 0 bridgehead atoms. The summed E-state index contributed by atoms with van der Waals surface area (Å²) in [6, 6.07) is 28.8. The predicted molar refractivity (Wildman–Crippen MR) is 147 cm³/mol. The molecule has 0 amide bonds. The van der Waals surface area contributed by atoms with Crippen LogP contribution in [0, 0.1) is 39.9 Å². The van der Waals surface area contributed by atoms with Gasteiger partial charge in [0.2, 0.25) is 0 Å². The molecule has 0 saturated heterocycles. The van der Waals surface area contributed by atoms with Crippen molar-refractivity contribution in [2.75, 3.05) is 0 Å². The number of para-hydroxylation sites is 2.